The molecule has 1 atom stereocenters. The van der Waals surface area contributed by atoms with Crippen molar-refractivity contribution < 1.29 is 8.78 Å². The lowest BCUT2D eigenvalue weighted by atomic mass is 10.0. The minimum Gasteiger partial charge on any atom is -0.308 e. The molecule has 5 heteroatoms. The minimum absolute atomic E-state index is 0.0897. The van der Waals surface area contributed by atoms with Crippen molar-refractivity contribution >= 4 is 15.9 Å². The maximum Gasteiger partial charge on any atom is 0.144 e. The van der Waals surface area contributed by atoms with Crippen molar-refractivity contribution in [1.29, 1.82) is 0 Å². The Kier molecular flexibility index (Phi) is 7.06. The van der Waals surface area contributed by atoms with Crippen molar-refractivity contribution in [2.24, 2.45) is 5.92 Å². The van der Waals surface area contributed by atoms with Crippen molar-refractivity contribution in [1.82, 2.24) is 10.2 Å². The van der Waals surface area contributed by atoms with Crippen LogP contribution in [-0.4, -0.2) is 31.6 Å². The third kappa shape index (κ3) is 5.46. The Morgan fingerprint density at radius 2 is 1.90 bits per heavy atom. The van der Waals surface area contributed by atoms with Crippen molar-refractivity contribution in [2.45, 2.75) is 32.9 Å². The highest BCUT2D eigenvalue weighted by atomic mass is 79.9. The van der Waals surface area contributed by atoms with Crippen molar-refractivity contribution in [2.75, 3.05) is 20.6 Å². The number of nitrogens with zero attached hydrogens (tertiary/aromatic N) is 1. The van der Waals surface area contributed by atoms with Crippen LogP contribution in [0.2, 0.25) is 0 Å². The van der Waals surface area contributed by atoms with E-state index in [4.69, 9.17) is 0 Å². The van der Waals surface area contributed by atoms with E-state index in [9.17, 15) is 8.78 Å². The normalized spacial score (nSPS) is 13.2. The summed E-state index contributed by atoms with van der Waals surface area (Å²) >= 11 is 3.09. The highest BCUT2D eigenvalue weighted by Gasteiger charge is 2.16. The molecule has 0 radical (unpaired) electrons. The molecule has 0 bridgehead atoms. The van der Waals surface area contributed by atoms with Gasteiger partial charge in [0.25, 0.3) is 0 Å². The molecule has 0 saturated heterocycles. The molecule has 0 spiro atoms. The first-order chi connectivity index (χ1) is 9.31. The predicted octanol–water partition coefficient (Wildman–Crippen LogP) is 3.79. The molecular formula is C15H23BrF2N2. The summed E-state index contributed by atoms with van der Waals surface area (Å²) in [6, 6.07) is 2.88. The average molecular weight is 349 g/mol. The second-order valence-corrected chi connectivity index (χ2v) is 6.65. The summed E-state index contributed by atoms with van der Waals surface area (Å²) in [5.74, 6) is -0.498. The monoisotopic (exact) mass is 348 g/mol. The van der Waals surface area contributed by atoms with E-state index in [1.807, 2.05) is 14.1 Å². The maximum atomic E-state index is 13.9. The zero-order valence-electron chi connectivity index (χ0n) is 12.5. The molecule has 1 rings (SSSR count). The molecule has 0 amide bonds. The molecule has 1 aromatic rings. The summed E-state index contributed by atoms with van der Waals surface area (Å²) in [5, 5.41) is 3.27. The number of halogens is 3. The molecule has 1 unspecified atom stereocenters. The number of hydrogen-bond acceptors (Lipinski definition) is 2. The zero-order valence-corrected chi connectivity index (χ0v) is 14.1. The van der Waals surface area contributed by atoms with Crippen LogP contribution in [0.1, 0.15) is 25.8 Å². The molecule has 2 nitrogen and oxygen atoms in total. The summed E-state index contributed by atoms with van der Waals surface area (Å²) in [7, 11) is 3.99. The number of likely N-dealkylation sites (N-methyl/N-ethyl adjacent to an activating group) is 1. The summed E-state index contributed by atoms with van der Waals surface area (Å²) in [4.78, 5) is 2.08. The van der Waals surface area contributed by atoms with Gasteiger partial charge in [0.2, 0.25) is 0 Å². The van der Waals surface area contributed by atoms with Crippen LogP contribution in [0, 0.1) is 17.6 Å². The van der Waals surface area contributed by atoms with Crippen LogP contribution in [0.4, 0.5) is 8.78 Å². The molecule has 0 aliphatic rings. The highest BCUT2D eigenvalue weighted by molar-refractivity contribution is 9.10. The Morgan fingerprint density at radius 3 is 2.45 bits per heavy atom. The summed E-state index contributed by atoms with van der Waals surface area (Å²) in [6.45, 7) is 5.33. The van der Waals surface area contributed by atoms with E-state index < -0.39 is 11.6 Å². The fourth-order valence-corrected chi connectivity index (χ4v) is 2.58. The van der Waals surface area contributed by atoms with Crippen molar-refractivity contribution in [3.05, 3.63) is 33.8 Å². The molecule has 0 aliphatic carbocycles. The van der Waals surface area contributed by atoms with E-state index in [2.05, 4.69) is 40.0 Å². The van der Waals surface area contributed by atoms with E-state index in [-0.39, 0.29) is 18.2 Å². The molecule has 0 fully saturated rings. The summed E-state index contributed by atoms with van der Waals surface area (Å²) in [5.41, 5.74) is 0.0897. The largest absolute Gasteiger partial charge is 0.308 e. The molecular weight excluding hydrogens is 326 g/mol. The van der Waals surface area contributed by atoms with Gasteiger partial charge in [0.05, 0.1) is 4.47 Å². The fourth-order valence-electron chi connectivity index (χ4n) is 2.21. The van der Waals surface area contributed by atoms with Gasteiger partial charge < -0.3 is 10.2 Å². The SMILES string of the molecule is CC(C)CC(CN(C)C)NCc1c(F)ccc(Br)c1F. The van der Waals surface area contributed by atoms with Gasteiger partial charge in [-0.05, 0) is 54.5 Å². The highest BCUT2D eigenvalue weighted by Crippen LogP contribution is 2.21. The third-order valence-corrected chi connectivity index (χ3v) is 3.66. The lowest BCUT2D eigenvalue weighted by Gasteiger charge is -2.24. The first kappa shape index (κ1) is 17.5. The van der Waals surface area contributed by atoms with Gasteiger partial charge in [-0.3, -0.25) is 0 Å². The van der Waals surface area contributed by atoms with Gasteiger partial charge in [-0.2, -0.15) is 0 Å². The minimum atomic E-state index is -0.523. The number of nitrogens with one attached hydrogen (secondary N) is 1. The zero-order chi connectivity index (χ0) is 15.3. The van der Waals surface area contributed by atoms with E-state index in [0.717, 1.165) is 13.0 Å². The van der Waals surface area contributed by atoms with Gasteiger partial charge in [-0.25, -0.2) is 8.78 Å². The quantitative estimate of drug-likeness (QED) is 0.754. The third-order valence-electron chi connectivity index (χ3n) is 3.05. The van der Waals surface area contributed by atoms with Crippen LogP contribution >= 0.6 is 15.9 Å². The maximum absolute atomic E-state index is 13.9. The van der Waals surface area contributed by atoms with E-state index in [1.54, 1.807) is 0 Å². The van der Waals surface area contributed by atoms with Gasteiger partial charge >= 0.3 is 0 Å². The smallest absolute Gasteiger partial charge is 0.144 e. The van der Waals surface area contributed by atoms with E-state index >= 15 is 0 Å². The van der Waals surface area contributed by atoms with E-state index in [1.165, 1.54) is 12.1 Å². The molecule has 114 valence electrons. The van der Waals surface area contributed by atoms with Crippen LogP contribution in [0.3, 0.4) is 0 Å². The van der Waals surface area contributed by atoms with Gasteiger partial charge in [-0.1, -0.05) is 13.8 Å². The molecule has 0 heterocycles. The molecule has 20 heavy (non-hydrogen) atoms. The van der Waals surface area contributed by atoms with Crippen LogP contribution in [-0.2, 0) is 6.54 Å². The Labute approximate surface area is 128 Å². The Bertz CT molecular complexity index is 426. The van der Waals surface area contributed by atoms with Crippen molar-refractivity contribution in [3.63, 3.8) is 0 Å². The lowest BCUT2D eigenvalue weighted by molar-refractivity contribution is 0.303. The summed E-state index contributed by atoms with van der Waals surface area (Å²) < 4.78 is 27.9. The topological polar surface area (TPSA) is 15.3 Å². The van der Waals surface area contributed by atoms with Gasteiger partial charge in [0, 0.05) is 24.7 Å². The fraction of sp³-hybridized carbons (Fsp3) is 0.600. The van der Waals surface area contributed by atoms with Crippen LogP contribution in [0.15, 0.2) is 16.6 Å². The molecule has 1 N–H and O–H groups in total. The predicted molar refractivity (Wildman–Crippen MR) is 82.7 cm³/mol. The van der Waals surface area contributed by atoms with Gasteiger partial charge in [-0.15, -0.1) is 0 Å². The first-order valence-electron chi connectivity index (χ1n) is 6.81. The molecule has 0 aromatic heterocycles. The summed E-state index contributed by atoms with van der Waals surface area (Å²) in [6.07, 6.45) is 0.968. The van der Waals surface area contributed by atoms with E-state index in [0.29, 0.717) is 10.4 Å². The number of rotatable bonds is 7. The Balaban J connectivity index is 2.74. The average Bonchev–Trinajstić information content (AvgIpc) is 2.32. The van der Waals surface area contributed by atoms with Crippen LogP contribution in [0.25, 0.3) is 0 Å². The standard InChI is InChI=1S/C15H23BrF2N2/c1-10(2)7-11(9-20(3)4)19-8-12-14(17)6-5-13(16)15(12)18/h5-6,10-11,19H,7-9H2,1-4H3. The number of benzene rings is 1. The Hall–Kier alpha value is -0.520. The van der Waals surface area contributed by atoms with Gasteiger partial charge in [0.1, 0.15) is 11.6 Å². The second kappa shape index (κ2) is 8.05. The van der Waals surface area contributed by atoms with Crippen LogP contribution < -0.4 is 5.32 Å². The number of hydrogen-bond donors (Lipinski definition) is 1. The second-order valence-electron chi connectivity index (χ2n) is 5.79. The van der Waals surface area contributed by atoms with Crippen molar-refractivity contribution in [3.8, 4) is 0 Å². The molecule has 1 aromatic carbocycles. The molecule has 0 saturated carbocycles. The van der Waals surface area contributed by atoms with Crippen LogP contribution in [0.5, 0.6) is 0 Å². The lowest BCUT2D eigenvalue weighted by Crippen LogP contribution is -2.39. The van der Waals surface area contributed by atoms with Gasteiger partial charge in [0.15, 0.2) is 0 Å². The molecule has 0 aliphatic heterocycles. The Morgan fingerprint density at radius 1 is 1.25 bits per heavy atom. The first-order valence-corrected chi connectivity index (χ1v) is 7.61.